The van der Waals surface area contributed by atoms with Crippen LogP contribution in [0.25, 0.3) is 10.9 Å². The number of nitrogens with two attached hydrogens (primary N) is 1. The second kappa shape index (κ2) is 6.57. The fourth-order valence-corrected chi connectivity index (χ4v) is 3.80. The summed E-state index contributed by atoms with van der Waals surface area (Å²) in [6.45, 7) is 4.81. The van der Waals surface area contributed by atoms with Gasteiger partial charge in [0.2, 0.25) is 0 Å². The standard InChI is InChI=1S/C20H23N3/c1-2-6-16(7-3-1)14-23-11-10-18(15-23)21-12-17-13-22-20-9-5-4-8-19(17)20/h1-9,13,18,21-22H,10-12,14-15H2/p+2/t18-/m0/s1. The van der Waals surface area contributed by atoms with Gasteiger partial charge in [-0.15, -0.1) is 0 Å². The molecule has 4 N–H and O–H groups in total. The lowest BCUT2D eigenvalue weighted by molar-refractivity contribution is -0.911. The number of hydrogen-bond acceptors (Lipinski definition) is 0. The number of likely N-dealkylation sites (tertiary alicyclic amines) is 1. The molecule has 0 spiro atoms. The van der Waals surface area contributed by atoms with Crippen LogP contribution >= 0.6 is 0 Å². The van der Waals surface area contributed by atoms with Crippen LogP contribution in [-0.4, -0.2) is 24.1 Å². The Bertz CT molecular complexity index is 763. The van der Waals surface area contributed by atoms with Gasteiger partial charge in [0.15, 0.2) is 0 Å². The van der Waals surface area contributed by atoms with Gasteiger partial charge in [-0.1, -0.05) is 48.5 Å². The highest BCUT2D eigenvalue weighted by atomic mass is 15.2. The van der Waals surface area contributed by atoms with E-state index in [1.807, 2.05) is 0 Å². The first-order valence-corrected chi connectivity index (χ1v) is 8.64. The Morgan fingerprint density at radius 2 is 1.87 bits per heavy atom. The first kappa shape index (κ1) is 14.5. The summed E-state index contributed by atoms with van der Waals surface area (Å²) in [4.78, 5) is 5.10. The number of fused-ring (bicyclic) bond motifs is 1. The number of aromatic amines is 1. The smallest absolute Gasteiger partial charge is 0.141 e. The Balaban J connectivity index is 1.32. The van der Waals surface area contributed by atoms with Crippen LogP contribution in [0, 0.1) is 0 Å². The van der Waals surface area contributed by atoms with Gasteiger partial charge in [0.1, 0.15) is 25.7 Å². The highest BCUT2D eigenvalue weighted by Crippen LogP contribution is 2.16. The maximum Gasteiger partial charge on any atom is 0.141 e. The lowest BCUT2D eigenvalue weighted by Crippen LogP contribution is -3.10. The van der Waals surface area contributed by atoms with Gasteiger partial charge >= 0.3 is 0 Å². The molecular formula is C20H25N3+2. The topological polar surface area (TPSA) is 36.8 Å². The predicted molar refractivity (Wildman–Crippen MR) is 93.2 cm³/mol. The van der Waals surface area contributed by atoms with Crippen molar-refractivity contribution in [1.82, 2.24) is 4.98 Å². The molecule has 0 bridgehead atoms. The van der Waals surface area contributed by atoms with Crippen molar-refractivity contribution in [2.75, 3.05) is 13.1 Å². The number of aromatic nitrogens is 1. The zero-order valence-corrected chi connectivity index (χ0v) is 13.5. The normalized spacial score (nSPS) is 21.0. The molecule has 2 atom stereocenters. The minimum atomic E-state index is 0.752. The molecule has 0 amide bonds. The van der Waals surface area contributed by atoms with Gasteiger partial charge in [-0.2, -0.15) is 0 Å². The fraction of sp³-hybridized carbons (Fsp3) is 0.300. The minimum absolute atomic E-state index is 0.752. The van der Waals surface area contributed by atoms with Crippen LogP contribution in [-0.2, 0) is 13.1 Å². The van der Waals surface area contributed by atoms with E-state index in [1.54, 1.807) is 4.90 Å². The minimum Gasteiger partial charge on any atom is -0.361 e. The average Bonchev–Trinajstić information content (AvgIpc) is 3.21. The predicted octanol–water partition coefficient (Wildman–Crippen LogP) is 1.09. The molecule has 3 nitrogen and oxygen atoms in total. The largest absolute Gasteiger partial charge is 0.361 e. The zero-order chi connectivity index (χ0) is 15.5. The molecule has 2 heterocycles. The van der Waals surface area contributed by atoms with Gasteiger partial charge in [0.05, 0.1) is 13.0 Å². The molecule has 1 saturated heterocycles. The molecule has 0 radical (unpaired) electrons. The van der Waals surface area contributed by atoms with Crippen LogP contribution in [0.1, 0.15) is 17.5 Å². The molecular weight excluding hydrogens is 282 g/mol. The Hall–Kier alpha value is -2.10. The first-order valence-electron chi connectivity index (χ1n) is 8.64. The summed E-state index contributed by atoms with van der Waals surface area (Å²) in [6, 6.07) is 20.2. The second-order valence-corrected chi connectivity index (χ2v) is 6.71. The van der Waals surface area contributed by atoms with Crippen molar-refractivity contribution in [3.63, 3.8) is 0 Å². The van der Waals surface area contributed by atoms with Crippen LogP contribution in [0.2, 0.25) is 0 Å². The number of rotatable bonds is 5. The first-order chi connectivity index (χ1) is 11.4. The van der Waals surface area contributed by atoms with Crippen LogP contribution in [0.3, 0.4) is 0 Å². The van der Waals surface area contributed by atoms with Gasteiger partial charge in [-0.05, 0) is 6.07 Å². The molecule has 0 aliphatic carbocycles. The van der Waals surface area contributed by atoms with Crippen molar-refractivity contribution < 1.29 is 10.2 Å². The van der Waals surface area contributed by atoms with E-state index in [4.69, 9.17) is 0 Å². The zero-order valence-electron chi connectivity index (χ0n) is 13.5. The quantitative estimate of drug-likeness (QED) is 0.631. The van der Waals surface area contributed by atoms with Gasteiger partial charge < -0.3 is 15.2 Å². The molecule has 4 rings (SSSR count). The number of benzene rings is 2. The van der Waals surface area contributed by atoms with E-state index < -0.39 is 0 Å². The van der Waals surface area contributed by atoms with E-state index in [0.29, 0.717) is 0 Å². The molecule has 118 valence electrons. The number of nitrogens with one attached hydrogen (secondary N) is 2. The molecule has 23 heavy (non-hydrogen) atoms. The van der Waals surface area contributed by atoms with Crippen molar-refractivity contribution in [2.24, 2.45) is 0 Å². The SMILES string of the molecule is c1ccc(C[NH+]2CC[C@H]([NH2+]Cc3c[nH]c4ccccc34)C2)cc1. The molecule has 3 aromatic rings. The molecule has 1 aliphatic rings. The third-order valence-electron chi connectivity index (χ3n) is 5.06. The molecule has 1 aromatic heterocycles. The summed E-state index contributed by atoms with van der Waals surface area (Å²) in [5.41, 5.74) is 4.13. The Morgan fingerprint density at radius 1 is 1.04 bits per heavy atom. The van der Waals surface area contributed by atoms with Gasteiger partial charge in [0.25, 0.3) is 0 Å². The van der Waals surface area contributed by atoms with Crippen LogP contribution < -0.4 is 10.2 Å². The Kier molecular flexibility index (Phi) is 4.14. The van der Waals surface area contributed by atoms with Crippen molar-refractivity contribution in [2.45, 2.75) is 25.6 Å². The van der Waals surface area contributed by atoms with Crippen LogP contribution in [0.5, 0.6) is 0 Å². The summed E-state index contributed by atoms with van der Waals surface area (Å²) in [6.07, 6.45) is 3.50. The molecule has 1 fully saturated rings. The lowest BCUT2D eigenvalue weighted by atomic mass is 10.1. The summed E-state index contributed by atoms with van der Waals surface area (Å²) in [5, 5.41) is 3.91. The van der Waals surface area contributed by atoms with E-state index in [9.17, 15) is 0 Å². The van der Waals surface area contributed by atoms with E-state index in [1.165, 1.54) is 41.5 Å². The molecule has 2 aromatic carbocycles. The molecule has 0 saturated carbocycles. The van der Waals surface area contributed by atoms with Gasteiger partial charge in [0, 0.05) is 28.2 Å². The van der Waals surface area contributed by atoms with Crippen molar-refractivity contribution in [3.05, 3.63) is 71.9 Å². The number of quaternary nitrogens is 2. The Labute approximate surface area is 137 Å². The van der Waals surface area contributed by atoms with Crippen molar-refractivity contribution in [3.8, 4) is 0 Å². The number of hydrogen-bond donors (Lipinski definition) is 3. The third kappa shape index (κ3) is 3.31. The summed E-state index contributed by atoms with van der Waals surface area (Å²) >= 11 is 0. The van der Waals surface area contributed by atoms with E-state index >= 15 is 0 Å². The maximum atomic E-state index is 3.38. The molecule has 3 heteroatoms. The highest BCUT2D eigenvalue weighted by Gasteiger charge is 2.28. The summed E-state index contributed by atoms with van der Waals surface area (Å²) in [7, 11) is 0. The maximum absolute atomic E-state index is 3.38. The van der Waals surface area contributed by atoms with Crippen molar-refractivity contribution >= 4 is 10.9 Å². The van der Waals surface area contributed by atoms with Crippen molar-refractivity contribution in [1.29, 1.82) is 0 Å². The van der Waals surface area contributed by atoms with Gasteiger partial charge in [-0.3, -0.25) is 0 Å². The van der Waals surface area contributed by atoms with E-state index in [2.05, 4.69) is 71.1 Å². The Morgan fingerprint density at radius 3 is 2.78 bits per heavy atom. The second-order valence-electron chi connectivity index (χ2n) is 6.71. The van der Waals surface area contributed by atoms with Crippen LogP contribution in [0.15, 0.2) is 60.8 Å². The van der Waals surface area contributed by atoms with E-state index in [-0.39, 0.29) is 0 Å². The summed E-state index contributed by atoms with van der Waals surface area (Å²) in [5.74, 6) is 0. The third-order valence-corrected chi connectivity index (χ3v) is 5.06. The van der Waals surface area contributed by atoms with Gasteiger partial charge in [-0.25, -0.2) is 0 Å². The molecule has 1 aliphatic heterocycles. The number of H-pyrrole nitrogens is 1. The number of para-hydroxylation sites is 1. The van der Waals surface area contributed by atoms with E-state index in [0.717, 1.165) is 19.1 Å². The average molecular weight is 307 g/mol. The molecule has 1 unspecified atom stereocenters. The highest BCUT2D eigenvalue weighted by molar-refractivity contribution is 5.82. The van der Waals surface area contributed by atoms with Crippen LogP contribution in [0.4, 0.5) is 0 Å². The lowest BCUT2D eigenvalue weighted by Gasteiger charge is -2.12. The fourth-order valence-electron chi connectivity index (χ4n) is 3.80. The summed E-state index contributed by atoms with van der Waals surface area (Å²) < 4.78 is 0. The monoisotopic (exact) mass is 307 g/mol.